The van der Waals surface area contributed by atoms with Crippen LogP contribution >= 0.6 is 11.3 Å². The zero-order chi connectivity index (χ0) is 12.3. The number of carbonyl (C=O) groups is 2. The van der Waals surface area contributed by atoms with Crippen LogP contribution in [0.4, 0.5) is 14.6 Å². The number of hydrogen-bond donors (Lipinski definition) is 3. The number of thiophene rings is 1. The summed E-state index contributed by atoms with van der Waals surface area (Å²) in [4.78, 5) is 20.6. The SMILES string of the molecule is N#Cc1c(N)sc(OC(=O)O)c1OC(=O)O. The van der Waals surface area contributed by atoms with Crippen molar-refractivity contribution in [3.63, 3.8) is 0 Å². The van der Waals surface area contributed by atoms with Crippen LogP contribution in [-0.4, -0.2) is 22.5 Å². The maximum absolute atomic E-state index is 10.3. The first-order valence-electron chi connectivity index (χ1n) is 3.59. The monoisotopic (exact) mass is 244 g/mol. The Bertz CT molecular complexity index is 488. The molecule has 0 unspecified atom stereocenters. The fraction of sp³-hybridized carbons (Fsp3) is 0. The molecule has 0 aromatic carbocycles. The molecule has 0 saturated carbocycles. The van der Waals surface area contributed by atoms with Gasteiger partial charge in [0.1, 0.15) is 16.6 Å². The lowest BCUT2D eigenvalue weighted by Gasteiger charge is -2.00. The number of carboxylic acid groups (broad SMARTS) is 2. The molecule has 84 valence electrons. The molecule has 1 aromatic heterocycles. The Kier molecular flexibility index (Phi) is 3.17. The molecule has 0 bridgehead atoms. The predicted molar refractivity (Wildman–Crippen MR) is 50.8 cm³/mol. The second-order valence-corrected chi connectivity index (χ2v) is 3.32. The minimum Gasteiger partial charge on any atom is -0.449 e. The van der Waals surface area contributed by atoms with Crippen LogP contribution in [-0.2, 0) is 0 Å². The molecule has 0 aliphatic rings. The van der Waals surface area contributed by atoms with E-state index in [0.29, 0.717) is 11.3 Å². The molecule has 0 spiro atoms. The summed E-state index contributed by atoms with van der Waals surface area (Å²) in [5, 5.41) is 24.9. The Morgan fingerprint density at radius 3 is 2.31 bits per heavy atom. The van der Waals surface area contributed by atoms with Gasteiger partial charge in [-0.1, -0.05) is 11.3 Å². The van der Waals surface area contributed by atoms with Crippen molar-refractivity contribution in [1.82, 2.24) is 0 Å². The third-order valence-corrected chi connectivity index (χ3v) is 2.22. The van der Waals surface area contributed by atoms with Crippen LogP contribution in [0.15, 0.2) is 0 Å². The number of nitrogens with two attached hydrogens (primary N) is 1. The topological polar surface area (TPSA) is 143 Å². The van der Waals surface area contributed by atoms with Crippen molar-refractivity contribution in [1.29, 1.82) is 5.26 Å². The van der Waals surface area contributed by atoms with Crippen molar-refractivity contribution in [3.8, 4) is 16.9 Å². The maximum Gasteiger partial charge on any atom is 0.512 e. The van der Waals surface area contributed by atoms with Gasteiger partial charge in [-0.25, -0.2) is 9.59 Å². The maximum atomic E-state index is 10.3. The lowest BCUT2D eigenvalue weighted by atomic mass is 10.3. The Balaban J connectivity index is 3.22. The molecule has 8 nitrogen and oxygen atoms in total. The summed E-state index contributed by atoms with van der Waals surface area (Å²) >= 11 is 0.600. The smallest absolute Gasteiger partial charge is 0.449 e. The molecule has 0 atom stereocenters. The third kappa shape index (κ3) is 2.31. The van der Waals surface area contributed by atoms with E-state index in [1.54, 1.807) is 6.07 Å². The van der Waals surface area contributed by atoms with Crippen LogP contribution in [0.5, 0.6) is 10.8 Å². The zero-order valence-corrected chi connectivity index (χ0v) is 8.28. The van der Waals surface area contributed by atoms with Crippen molar-refractivity contribution >= 4 is 28.6 Å². The van der Waals surface area contributed by atoms with Crippen molar-refractivity contribution in [2.75, 3.05) is 5.73 Å². The fourth-order valence-corrected chi connectivity index (χ4v) is 1.63. The summed E-state index contributed by atoms with van der Waals surface area (Å²) in [6, 6.07) is 1.59. The van der Waals surface area contributed by atoms with E-state index in [-0.39, 0.29) is 10.6 Å². The van der Waals surface area contributed by atoms with Gasteiger partial charge < -0.3 is 25.4 Å². The molecular weight excluding hydrogens is 240 g/mol. The van der Waals surface area contributed by atoms with E-state index in [9.17, 15) is 9.59 Å². The molecule has 1 heterocycles. The van der Waals surface area contributed by atoms with Crippen LogP contribution in [0.1, 0.15) is 5.56 Å². The van der Waals surface area contributed by atoms with Gasteiger partial charge in [0.2, 0.25) is 10.8 Å². The van der Waals surface area contributed by atoms with E-state index < -0.39 is 23.1 Å². The van der Waals surface area contributed by atoms with E-state index in [0.717, 1.165) is 0 Å². The van der Waals surface area contributed by atoms with Gasteiger partial charge >= 0.3 is 12.3 Å². The Morgan fingerprint density at radius 2 is 1.88 bits per heavy atom. The number of rotatable bonds is 2. The van der Waals surface area contributed by atoms with E-state index in [4.69, 9.17) is 21.2 Å². The number of nitrogen functional groups attached to an aromatic ring is 1. The highest BCUT2D eigenvalue weighted by atomic mass is 32.1. The summed E-state index contributed by atoms with van der Waals surface area (Å²) in [7, 11) is 0. The fourth-order valence-electron chi connectivity index (χ4n) is 0.844. The molecule has 16 heavy (non-hydrogen) atoms. The quantitative estimate of drug-likeness (QED) is 0.660. The van der Waals surface area contributed by atoms with Crippen LogP contribution in [0.25, 0.3) is 0 Å². The second kappa shape index (κ2) is 4.37. The van der Waals surface area contributed by atoms with Gasteiger partial charge in [-0.2, -0.15) is 5.26 Å². The van der Waals surface area contributed by atoms with Crippen molar-refractivity contribution in [2.24, 2.45) is 0 Å². The Hall–Kier alpha value is -2.47. The first-order chi connectivity index (χ1) is 7.45. The van der Waals surface area contributed by atoms with Crippen LogP contribution in [0.3, 0.4) is 0 Å². The van der Waals surface area contributed by atoms with Crippen molar-refractivity contribution < 1.29 is 29.3 Å². The predicted octanol–water partition coefficient (Wildman–Crippen LogP) is 1.32. The van der Waals surface area contributed by atoms with Gasteiger partial charge in [0.05, 0.1) is 0 Å². The van der Waals surface area contributed by atoms with Gasteiger partial charge in [-0.3, -0.25) is 0 Å². The average Bonchev–Trinajstić information content (AvgIpc) is 2.40. The standard InChI is InChI=1S/C7H4N2O6S/c8-1-2-3(14-6(10)11)5(15-7(12)13)16-4(2)9/h9H2,(H,10,11)(H,12,13). The summed E-state index contributed by atoms with van der Waals surface area (Å²) in [6.07, 6.45) is -3.37. The highest BCUT2D eigenvalue weighted by Gasteiger charge is 2.23. The lowest BCUT2D eigenvalue weighted by Crippen LogP contribution is -2.07. The molecule has 0 fully saturated rings. The van der Waals surface area contributed by atoms with Gasteiger partial charge in [0, 0.05) is 0 Å². The number of hydrogen-bond acceptors (Lipinski definition) is 7. The summed E-state index contributed by atoms with van der Waals surface area (Å²) in [5.74, 6) is -0.514. The number of ether oxygens (including phenoxy) is 2. The molecule has 9 heteroatoms. The summed E-state index contributed by atoms with van der Waals surface area (Å²) in [6.45, 7) is 0. The molecule has 0 amide bonds. The molecular formula is C7H4N2O6S. The van der Waals surface area contributed by atoms with Gasteiger partial charge in [0.25, 0.3) is 0 Å². The van der Waals surface area contributed by atoms with Gasteiger partial charge in [-0.15, -0.1) is 0 Å². The molecule has 0 radical (unpaired) electrons. The van der Waals surface area contributed by atoms with Gasteiger partial charge in [-0.05, 0) is 0 Å². The minimum atomic E-state index is -1.70. The second-order valence-electron chi connectivity index (χ2n) is 2.31. The number of anilines is 1. The first kappa shape index (κ1) is 11.6. The number of nitriles is 1. The molecule has 0 aliphatic heterocycles. The zero-order valence-electron chi connectivity index (χ0n) is 7.46. The minimum absolute atomic E-state index is 0.0880. The molecule has 0 aliphatic carbocycles. The first-order valence-corrected chi connectivity index (χ1v) is 4.41. The molecule has 0 saturated heterocycles. The highest BCUT2D eigenvalue weighted by Crippen LogP contribution is 2.43. The Labute approximate surface area is 92.0 Å². The van der Waals surface area contributed by atoms with Crippen molar-refractivity contribution in [2.45, 2.75) is 0 Å². The lowest BCUT2D eigenvalue weighted by molar-refractivity contribution is 0.134. The average molecular weight is 244 g/mol. The van der Waals surface area contributed by atoms with E-state index in [1.165, 1.54) is 0 Å². The normalized spacial score (nSPS) is 9.19. The van der Waals surface area contributed by atoms with Crippen molar-refractivity contribution in [3.05, 3.63) is 5.56 Å². The summed E-state index contributed by atoms with van der Waals surface area (Å²) in [5.41, 5.74) is 5.08. The molecule has 1 rings (SSSR count). The summed E-state index contributed by atoms with van der Waals surface area (Å²) < 4.78 is 8.45. The largest absolute Gasteiger partial charge is 0.512 e. The third-order valence-electron chi connectivity index (χ3n) is 1.34. The van der Waals surface area contributed by atoms with Crippen LogP contribution < -0.4 is 15.2 Å². The van der Waals surface area contributed by atoms with E-state index >= 15 is 0 Å². The molecule has 1 aromatic rings. The highest BCUT2D eigenvalue weighted by molar-refractivity contribution is 7.18. The molecule has 4 N–H and O–H groups in total. The van der Waals surface area contributed by atoms with Crippen LogP contribution in [0, 0.1) is 11.3 Å². The van der Waals surface area contributed by atoms with Gasteiger partial charge in [0.15, 0.2) is 0 Å². The van der Waals surface area contributed by atoms with E-state index in [1.807, 2.05) is 0 Å². The van der Waals surface area contributed by atoms with E-state index in [2.05, 4.69) is 9.47 Å². The number of nitrogens with zero attached hydrogens (tertiary/aromatic N) is 1. The van der Waals surface area contributed by atoms with Crippen LogP contribution in [0.2, 0.25) is 0 Å². The Morgan fingerprint density at radius 1 is 1.31 bits per heavy atom.